The predicted octanol–water partition coefficient (Wildman–Crippen LogP) is 4.01. The zero-order valence-electron chi connectivity index (χ0n) is 13.4. The van der Waals surface area contributed by atoms with Crippen LogP contribution < -0.4 is 15.2 Å². The van der Waals surface area contributed by atoms with E-state index in [1.807, 2.05) is 31.2 Å². The maximum Gasteiger partial charge on any atom is 0.120 e. The Hall–Kier alpha value is -1.22. The molecule has 3 nitrogen and oxygen atoms in total. The summed E-state index contributed by atoms with van der Waals surface area (Å²) in [6, 6.07) is 7.95. The molecule has 3 unspecified atom stereocenters. The molecule has 1 fully saturated rings. The van der Waals surface area contributed by atoms with E-state index in [0.717, 1.165) is 30.4 Å². The summed E-state index contributed by atoms with van der Waals surface area (Å²) in [6.45, 7) is 5.67. The molecule has 0 aromatic heterocycles. The summed E-state index contributed by atoms with van der Waals surface area (Å²) in [5.74, 6) is 3.11. The van der Waals surface area contributed by atoms with Crippen LogP contribution in [0.4, 0.5) is 0 Å². The molecule has 1 aromatic carbocycles. The molecule has 0 amide bonds. The van der Waals surface area contributed by atoms with Crippen molar-refractivity contribution in [3.8, 4) is 11.5 Å². The summed E-state index contributed by atoms with van der Waals surface area (Å²) in [5.41, 5.74) is 5.93. The maximum atomic E-state index is 6.23. The van der Waals surface area contributed by atoms with Gasteiger partial charge >= 0.3 is 0 Å². The topological polar surface area (TPSA) is 44.5 Å². The number of hydrogen-bond donors (Lipinski definition) is 1. The van der Waals surface area contributed by atoms with E-state index in [1.165, 1.54) is 25.7 Å². The third-order valence-electron chi connectivity index (χ3n) is 4.46. The van der Waals surface area contributed by atoms with Crippen molar-refractivity contribution in [1.29, 1.82) is 0 Å². The quantitative estimate of drug-likeness (QED) is 0.825. The van der Waals surface area contributed by atoms with Gasteiger partial charge < -0.3 is 15.2 Å². The molecule has 3 heteroatoms. The molecule has 1 saturated carbocycles. The highest BCUT2D eigenvalue weighted by molar-refractivity contribution is 5.31. The second kappa shape index (κ2) is 8.28. The van der Waals surface area contributed by atoms with Gasteiger partial charge in [-0.1, -0.05) is 19.8 Å². The minimum absolute atomic E-state index is 0.262. The normalized spacial score (nSPS) is 25.6. The van der Waals surface area contributed by atoms with Crippen LogP contribution in [0.15, 0.2) is 24.3 Å². The molecule has 0 radical (unpaired) electrons. The van der Waals surface area contributed by atoms with E-state index in [9.17, 15) is 0 Å². The van der Waals surface area contributed by atoms with Crippen LogP contribution in [-0.4, -0.2) is 19.3 Å². The van der Waals surface area contributed by atoms with Gasteiger partial charge in [-0.3, -0.25) is 0 Å². The summed E-state index contributed by atoms with van der Waals surface area (Å²) in [7, 11) is 0. The second-order valence-electron chi connectivity index (χ2n) is 6.02. The molecule has 118 valence electrons. The Balaban J connectivity index is 1.97. The van der Waals surface area contributed by atoms with Crippen molar-refractivity contribution in [2.75, 3.05) is 13.2 Å². The lowest BCUT2D eigenvalue weighted by Gasteiger charge is -2.35. The second-order valence-corrected chi connectivity index (χ2v) is 6.02. The Morgan fingerprint density at radius 3 is 2.43 bits per heavy atom. The molecule has 0 aliphatic heterocycles. The zero-order chi connectivity index (χ0) is 15.1. The Morgan fingerprint density at radius 1 is 1.10 bits per heavy atom. The van der Waals surface area contributed by atoms with Crippen LogP contribution in [0.3, 0.4) is 0 Å². The minimum Gasteiger partial charge on any atom is -0.494 e. The zero-order valence-corrected chi connectivity index (χ0v) is 13.4. The number of hydrogen-bond acceptors (Lipinski definition) is 3. The van der Waals surface area contributed by atoms with Crippen molar-refractivity contribution >= 4 is 0 Å². The van der Waals surface area contributed by atoms with Crippen LogP contribution in [0.2, 0.25) is 0 Å². The van der Waals surface area contributed by atoms with Crippen molar-refractivity contribution in [3.63, 3.8) is 0 Å². The van der Waals surface area contributed by atoms with Crippen molar-refractivity contribution in [3.05, 3.63) is 24.3 Å². The molecule has 0 spiro atoms. The van der Waals surface area contributed by atoms with Gasteiger partial charge in [-0.2, -0.15) is 0 Å². The molecule has 1 aliphatic rings. The first-order valence-electron chi connectivity index (χ1n) is 8.36. The molecular weight excluding hydrogens is 262 g/mol. The lowest BCUT2D eigenvalue weighted by molar-refractivity contribution is 0.0668. The van der Waals surface area contributed by atoms with Gasteiger partial charge in [0.05, 0.1) is 6.61 Å². The van der Waals surface area contributed by atoms with E-state index in [4.69, 9.17) is 15.2 Å². The average Bonchev–Trinajstić information content (AvgIpc) is 2.50. The highest BCUT2D eigenvalue weighted by Gasteiger charge is 2.30. The van der Waals surface area contributed by atoms with E-state index >= 15 is 0 Å². The predicted molar refractivity (Wildman–Crippen MR) is 86.8 cm³/mol. The van der Waals surface area contributed by atoms with Crippen molar-refractivity contribution in [1.82, 2.24) is 0 Å². The van der Waals surface area contributed by atoms with Gasteiger partial charge in [0, 0.05) is 5.92 Å². The Labute approximate surface area is 128 Å². The van der Waals surface area contributed by atoms with Crippen LogP contribution in [0.1, 0.15) is 46.0 Å². The Morgan fingerprint density at radius 2 is 1.81 bits per heavy atom. The van der Waals surface area contributed by atoms with E-state index in [1.54, 1.807) is 0 Å². The number of nitrogens with two attached hydrogens (primary N) is 1. The van der Waals surface area contributed by atoms with Gasteiger partial charge in [0.15, 0.2) is 0 Å². The van der Waals surface area contributed by atoms with Crippen molar-refractivity contribution in [2.24, 2.45) is 17.6 Å². The summed E-state index contributed by atoms with van der Waals surface area (Å²) in [6.07, 6.45) is 6.47. The molecule has 1 aromatic rings. The fraction of sp³-hybridized carbons (Fsp3) is 0.667. The van der Waals surface area contributed by atoms with E-state index < -0.39 is 0 Å². The van der Waals surface area contributed by atoms with E-state index in [0.29, 0.717) is 12.5 Å². The van der Waals surface area contributed by atoms with Crippen LogP contribution in [0, 0.1) is 11.8 Å². The van der Waals surface area contributed by atoms with Crippen LogP contribution in [0.25, 0.3) is 0 Å². The molecule has 2 rings (SSSR count). The molecule has 21 heavy (non-hydrogen) atoms. The fourth-order valence-electron chi connectivity index (χ4n) is 3.31. The summed E-state index contributed by atoms with van der Waals surface area (Å²) < 4.78 is 11.7. The summed E-state index contributed by atoms with van der Waals surface area (Å²) in [5, 5.41) is 0. The summed E-state index contributed by atoms with van der Waals surface area (Å²) >= 11 is 0. The minimum atomic E-state index is 0.262. The first-order chi connectivity index (χ1) is 10.3. The lowest BCUT2D eigenvalue weighted by Crippen LogP contribution is -2.38. The van der Waals surface area contributed by atoms with Gasteiger partial charge in [0.1, 0.15) is 17.6 Å². The molecular formula is C18H29NO2. The lowest BCUT2D eigenvalue weighted by atomic mass is 9.78. The van der Waals surface area contributed by atoms with Crippen molar-refractivity contribution in [2.45, 2.75) is 52.1 Å². The molecule has 3 atom stereocenters. The van der Waals surface area contributed by atoms with E-state index in [2.05, 4.69) is 6.92 Å². The van der Waals surface area contributed by atoms with Gasteiger partial charge in [0.25, 0.3) is 0 Å². The smallest absolute Gasteiger partial charge is 0.120 e. The summed E-state index contributed by atoms with van der Waals surface area (Å²) in [4.78, 5) is 0. The molecule has 0 saturated heterocycles. The third-order valence-corrected chi connectivity index (χ3v) is 4.46. The average molecular weight is 291 g/mol. The number of ether oxygens (including phenoxy) is 2. The SMILES string of the molecule is CCCC1CCC(CN)C(Oc2ccc(OCC)cc2)C1. The molecule has 0 bridgehead atoms. The molecule has 2 N–H and O–H groups in total. The standard InChI is InChI=1S/C18H29NO2/c1-3-5-14-6-7-15(13-19)18(12-14)21-17-10-8-16(9-11-17)20-4-2/h8-11,14-15,18H,3-7,12-13,19H2,1-2H3. The van der Waals surface area contributed by atoms with Crippen molar-refractivity contribution < 1.29 is 9.47 Å². The van der Waals surface area contributed by atoms with E-state index in [-0.39, 0.29) is 6.10 Å². The van der Waals surface area contributed by atoms with Gasteiger partial charge in [0.2, 0.25) is 0 Å². The van der Waals surface area contributed by atoms with Gasteiger partial charge in [-0.25, -0.2) is 0 Å². The van der Waals surface area contributed by atoms with Gasteiger partial charge in [-0.15, -0.1) is 0 Å². The molecule has 1 aliphatic carbocycles. The highest BCUT2D eigenvalue weighted by Crippen LogP contribution is 2.34. The molecule has 0 heterocycles. The number of rotatable bonds is 7. The highest BCUT2D eigenvalue weighted by atomic mass is 16.5. The van der Waals surface area contributed by atoms with Gasteiger partial charge in [-0.05, 0) is 62.9 Å². The monoisotopic (exact) mass is 291 g/mol. The Bertz CT molecular complexity index is 404. The number of benzene rings is 1. The third kappa shape index (κ3) is 4.63. The van der Waals surface area contributed by atoms with Crippen LogP contribution in [-0.2, 0) is 0 Å². The van der Waals surface area contributed by atoms with Crippen LogP contribution in [0.5, 0.6) is 11.5 Å². The first kappa shape index (κ1) is 16.2. The first-order valence-corrected chi connectivity index (χ1v) is 8.36. The largest absolute Gasteiger partial charge is 0.494 e. The fourth-order valence-corrected chi connectivity index (χ4v) is 3.31. The van der Waals surface area contributed by atoms with Crippen LogP contribution >= 0.6 is 0 Å². The maximum absolute atomic E-state index is 6.23. The Kier molecular flexibility index (Phi) is 6.37.